The summed E-state index contributed by atoms with van der Waals surface area (Å²) >= 11 is 0. The van der Waals surface area contributed by atoms with E-state index in [-0.39, 0.29) is 32.4 Å². The second-order valence-electron chi connectivity index (χ2n) is 16.3. The van der Waals surface area contributed by atoms with Crippen molar-refractivity contribution in [1.29, 1.82) is 0 Å². The molecule has 2 aliphatic carbocycles. The highest BCUT2D eigenvalue weighted by molar-refractivity contribution is 7.90. The molecule has 15 heteroatoms. The van der Waals surface area contributed by atoms with Crippen LogP contribution in [0, 0.1) is 16.7 Å². The molecule has 6 rings (SSSR count). The number of nitrogens with zero attached hydrogens (tertiary/aromatic N) is 2. The van der Waals surface area contributed by atoms with E-state index in [0.717, 1.165) is 42.6 Å². The second-order valence-corrected chi connectivity index (χ2v) is 18.2. The molecule has 14 nitrogen and oxygen atoms in total. The first kappa shape index (κ1) is 38.6. The molecule has 1 unspecified atom stereocenters. The zero-order chi connectivity index (χ0) is 38.1. The van der Waals surface area contributed by atoms with Crippen LogP contribution in [0.15, 0.2) is 30.9 Å². The minimum absolute atomic E-state index is 0.0345. The van der Waals surface area contributed by atoms with Crippen LogP contribution in [0.1, 0.15) is 96.1 Å². The van der Waals surface area contributed by atoms with Gasteiger partial charge in [0, 0.05) is 25.9 Å². The number of hydrogen-bond donors (Lipinski definition) is 2. The van der Waals surface area contributed by atoms with E-state index in [1.807, 2.05) is 18.2 Å². The summed E-state index contributed by atoms with van der Waals surface area (Å²) in [5.74, 6) is -1.50. The number of amides is 4. The molecule has 5 aliphatic rings. The Kier molecular flexibility index (Phi) is 11.1. The summed E-state index contributed by atoms with van der Waals surface area (Å²) in [4.78, 5) is 71.6. The molecule has 0 spiro atoms. The minimum atomic E-state index is -3.87. The van der Waals surface area contributed by atoms with Crippen molar-refractivity contribution >= 4 is 39.8 Å². The maximum Gasteiger partial charge on any atom is 0.410 e. The van der Waals surface area contributed by atoms with Crippen molar-refractivity contribution in [2.24, 2.45) is 16.7 Å². The number of nitrogens with one attached hydrogen (secondary N) is 2. The summed E-state index contributed by atoms with van der Waals surface area (Å²) in [5, 5.41) is 2.09. The SMILES string of the molecule is C=C[C@H]1C[C@@]1(CC(=O)C1C[C@@H]2CN1C(=O)[C@H](C(C)(C)C)NC(=O)OCCCCCCCOc1ccc3c(c1)CN(C3)C(=O)O2)C(=O)NS(=O)(=O)C1CC1. The highest BCUT2D eigenvalue weighted by atomic mass is 32.2. The number of cyclic esters (lactones) is 1. The number of ketones is 1. The fraction of sp³-hybridized carbons (Fsp3) is 0.658. The molecule has 5 atom stereocenters. The summed E-state index contributed by atoms with van der Waals surface area (Å²) < 4.78 is 45.0. The van der Waals surface area contributed by atoms with E-state index in [1.165, 1.54) is 4.90 Å². The molecule has 4 amide bonds. The lowest BCUT2D eigenvalue weighted by atomic mass is 9.85. The van der Waals surface area contributed by atoms with Crippen molar-refractivity contribution in [3.8, 4) is 5.75 Å². The molecule has 5 bridgehead atoms. The quantitative estimate of drug-likeness (QED) is 0.380. The number of benzene rings is 1. The number of alkyl carbamates (subject to hydrolysis) is 1. The van der Waals surface area contributed by atoms with Crippen molar-refractivity contribution < 1.29 is 46.6 Å². The molecule has 53 heavy (non-hydrogen) atoms. The van der Waals surface area contributed by atoms with Gasteiger partial charge in [0.15, 0.2) is 5.78 Å². The third kappa shape index (κ3) is 8.81. The Balaban J connectivity index is 1.24. The van der Waals surface area contributed by atoms with Crippen molar-refractivity contribution in [3.63, 3.8) is 0 Å². The molecule has 0 radical (unpaired) electrons. The minimum Gasteiger partial charge on any atom is -0.494 e. The van der Waals surface area contributed by atoms with E-state index in [1.54, 1.807) is 31.7 Å². The molecule has 3 fully saturated rings. The predicted molar refractivity (Wildman–Crippen MR) is 193 cm³/mol. The van der Waals surface area contributed by atoms with Crippen LogP contribution in [0.2, 0.25) is 0 Å². The number of rotatable bonds is 7. The average Bonchev–Trinajstić information content (AvgIpc) is 3.99. The normalized spacial score (nSPS) is 28.7. The lowest BCUT2D eigenvalue weighted by Gasteiger charge is -2.35. The Morgan fingerprint density at radius 2 is 1.70 bits per heavy atom. The fourth-order valence-electron chi connectivity index (χ4n) is 7.61. The number of Topliss-reactive ketones (excluding diaryl/α,β-unsaturated/α-hetero) is 1. The van der Waals surface area contributed by atoms with E-state index < -0.39 is 80.0 Å². The summed E-state index contributed by atoms with van der Waals surface area (Å²) in [7, 11) is -3.87. The van der Waals surface area contributed by atoms with E-state index in [2.05, 4.69) is 16.6 Å². The largest absolute Gasteiger partial charge is 0.494 e. The van der Waals surface area contributed by atoms with Gasteiger partial charge in [-0.15, -0.1) is 6.58 Å². The molecular formula is C38H52N4O10S. The molecule has 3 aliphatic heterocycles. The molecule has 1 aromatic rings. The highest BCUT2D eigenvalue weighted by Crippen LogP contribution is 2.57. The summed E-state index contributed by atoms with van der Waals surface area (Å²) in [6.45, 7) is 10.4. The lowest BCUT2D eigenvalue weighted by molar-refractivity contribution is -0.142. The third-order valence-electron chi connectivity index (χ3n) is 11.1. The monoisotopic (exact) mass is 756 g/mol. The molecule has 3 heterocycles. The zero-order valence-electron chi connectivity index (χ0n) is 30.9. The third-order valence-corrected chi connectivity index (χ3v) is 12.9. The molecule has 2 saturated carbocycles. The van der Waals surface area contributed by atoms with Gasteiger partial charge < -0.3 is 24.4 Å². The zero-order valence-corrected chi connectivity index (χ0v) is 31.7. The van der Waals surface area contributed by atoms with E-state index in [0.29, 0.717) is 39.0 Å². The van der Waals surface area contributed by atoms with Gasteiger partial charge in [-0.05, 0) is 66.7 Å². The number of fused-ring (bicyclic) bond motifs is 4. The van der Waals surface area contributed by atoms with Crippen LogP contribution in [0.3, 0.4) is 0 Å². The average molecular weight is 757 g/mol. The van der Waals surface area contributed by atoms with Gasteiger partial charge in [-0.1, -0.05) is 52.2 Å². The van der Waals surface area contributed by atoms with Crippen LogP contribution in [0.5, 0.6) is 5.75 Å². The van der Waals surface area contributed by atoms with Gasteiger partial charge in [-0.25, -0.2) is 18.0 Å². The topological polar surface area (TPSA) is 178 Å². The Hall–Kier alpha value is -4.14. The summed E-state index contributed by atoms with van der Waals surface area (Å²) in [5.41, 5.74) is -0.221. The van der Waals surface area contributed by atoms with Crippen LogP contribution in [-0.4, -0.2) is 91.2 Å². The van der Waals surface area contributed by atoms with Gasteiger partial charge in [0.25, 0.3) is 0 Å². The summed E-state index contributed by atoms with van der Waals surface area (Å²) in [6, 6.07) is 3.55. The first-order chi connectivity index (χ1) is 25.1. The van der Waals surface area contributed by atoms with Crippen LogP contribution in [-0.2, 0) is 47.0 Å². The van der Waals surface area contributed by atoms with Gasteiger partial charge in [0.1, 0.15) is 17.9 Å². The number of ether oxygens (including phenoxy) is 3. The Labute approximate surface area is 311 Å². The standard InChI is InChI=1S/C38H52N4O10S/c1-5-26-19-38(26,34(45)40-53(48,49)29-13-14-29)20-31(43)30-18-28-23-42(30)33(44)32(37(2,3)4)39-35(46)51-16-10-8-6-7-9-15-50-27-12-11-24-21-41(36(47)52-28)22-25(24)17-27/h5,11-12,17,26,28-30,32H,1,6-10,13-16,18-23H2,2-4H3,(H,39,46)(H,40,45)/t26-,28+,30?,32+,38-/m0/s1. The molecule has 1 aromatic carbocycles. The first-order valence-electron chi connectivity index (χ1n) is 18.8. The molecular weight excluding hydrogens is 705 g/mol. The van der Waals surface area contributed by atoms with Gasteiger partial charge in [-0.2, -0.15) is 0 Å². The number of hydrogen-bond acceptors (Lipinski definition) is 10. The van der Waals surface area contributed by atoms with Crippen molar-refractivity contribution in [2.75, 3.05) is 19.8 Å². The van der Waals surface area contributed by atoms with Gasteiger partial charge in [0.05, 0.1) is 36.5 Å². The van der Waals surface area contributed by atoms with Crippen molar-refractivity contribution in [1.82, 2.24) is 19.8 Å². The van der Waals surface area contributed by atoms with E-state index in [9.17, 15) is 32.4 Å². The number of carbonyl (C=O) groups excluding carboxylic acids is 5. The first-order valence-corrected chi connectivity index (χ1v) is 20.3. The Morgan fingerprint density at radius 1 is 1.02 bits per heavy atom. The highest BCUT2D eigenvalue weighted by Gasteiger charge is 2.61. The molecule has 2 N–H and O–H groups in total. The van der Waals surface area contributed by atoms with Crippen molar-refractivity contribution in [2.45, 2.75) is 122 Å². The van der Waals surface area contributed by atoms with Gasteiger partial charge >= 0.3 is 12.2 Å². The second kappa shape index (κ2) is 15.3. The Morgan fingerprint density at radius 3 is 2.36 bits per heavy atom. The predicted octanol–water partition coefficient (Wildman–Crippen LogP) is 4.35. The Bertz CT molecular complexity index is 1740. The fourth-order valence-corrected chi connectivity index (χ4v) is 9.00. The smallest absolute Gasteiger partial charge is 0.410 e. The van der Waals surface area contributed by atoms with E-state index in [4.69, 9.17) is 14.2 Å². The van der Waals surface area contributed by atoms with Crippen LogP contribution >= 0.6 is 0 Å². The summed E-state index contributed by atoms with van der Waals surface area (Å²) in [6.07, 6.45) is 4.38. The number of carbonyl (C=O) groups is 5. The maximum absolute atomic E-state index is 14.4. The van der Waals surface area contributed by atoms with Crippen LogP contribution < -0.4 is 14.8 Å². The molecule has 1 saturated heterocycles. The van der Waals surface area contributed by atoms with Gasteiger partial charge in [-0.3, -0.25) is 24.0 Å². The maximum atomic E-state index is 14.4. The molecule has 0 aromatic heterocycles. The van der Waals surface area contributed by atoms with Gasteiger partial charge in [0.2, 0.25) is 21.8 Å². The van der Waals surface area contributed by atoms with Crippen molar-refractivity contribution in [3.05, 3.63) is 42.0 Å². The van der Waals surface area contributed by atoms with Crippen LogP contribution in [0.25, 0.3) is 0 Å². The van der Waals surface area contributed by atoms with Crippen LogP contribution in [0.4, 0.5) is 9.59 Å². The number of sulfonamides is 1. The lowest BCUT2D eigenvalue weighted by Crippen LogP contribution is -2.57. The number of allylic oxidation sites excluding steroid dienone is 1. The van der Waals surface area contributed by atoms with E-state index >= 15 is 0 Å². The molecule has 290 valence electrons.